The van der Waals surface area contributed by atoms with E-state index < -0.39 is 0 Å². The van der Waals surface area contributed by atoms with E-state index in [1.807, 2.05) is 12.1 Å². The van der Waals surface area contributed by atoms with Gasteiger partial charge in [-0.15, -0.1) is 0 Å². The number of amides is 1. The van der Waals surface area contributed by atoms with Gasteiger partial charge in [-0.1, -0.05) is 15.9 Å². The molecule has 0 unspecified atom stereocenters. The molecule has 2 rings (SSSR count). The molecule has 0 atom stereocenters. The van der Waals surface area contributed by atoms with Gasteiger partial charge >= 0.3 is 0 Å². The van der Waals surface area contributed by atoms with Gasteiger partial charge in [-0.25, -0.2) is 0 Å². The van der Waals surface area contributed by atoms with Crippen LogP contribution in [0.2, 0.25) is 0 Å². The number of likely N-dealkylation sites (tertiary alicyclic amines) is 1. The number of rotatable bonds is 1. The summed E-state index contributed by atoms with van der Waals surface area (Å²) in [7, 11) is 0. The molecule has 1 N–H and O–H groups in total. The summed E-state index contributed by atoms with van der Waals surface area (Å²) < 4.78 is 1.69. The zero-order valence-electron chi connectivity index (χ0n) is 7.78. The Labute approximate surface area is 104 Å². The number of β-amino-alcohol motifs (C(OH)–C–C–N with tert-alkyl or cyclic N) is 1. The first-order chi connectivity index (χ1) is 7.08. The molecule has 0 saturated carbocycles. The Hall–Kier alpha value is -0.390. The molecule has 0 aliphatic carbocycles. The van der Waals surface area contributed by atoms with Crippen molar-refractivity contribution in [3.05, 3.63) is 32.7 Å². The van der Waals surface area contributed by atoms with Gasteiger partial charge in [-0.05, 0) is 34.1 Å². The van der Waals surface area contributed by atoms with E-state index in [4.69, 9.17) is 5.11 Å². The maximum absolute atomic E-state index is 11.9. The van der Waals surface area contributed by atoms with Gasteiger partial charge in [0.15, 0.2) is 0 Å². The van der Waals surface area contributed by atoms with Crippen LogP contribution < -0.4 is 0 Å². The standard InChI is InChI=1S/C10H9Br2NO2/c11-6-1-2-8(9(12)3-6)10(15)13-4-7(14)5-13/h1-3,7,14H,4-5H2. The predicted octanol–water partition coefficient (Wildman–Crippen LogP) is 2.03. The first kappa shape index (κ1) is 11.1. The zero-order valence-corrected chi connectivity index (χ0v) is 11.0. The minimum absolute atomic E-state index is 0.0420. The van der Waals surface area contributed by atoms with Gasteiger partial charge in [-0.2, -0.15) is 0 Å². The maximum Gasteiger partial charge on any atom is 0.255 e. The molecular weight excluding hydrogens is 326 g/mol. The molecule has 5 heteroatoms. The van der Waals surface area contributed by atoms with E-state index in [1.165, 1.54) is 0 Å². The monoisotopic (exact) mass is 333 g/mol. The maximum atomic E-state index is 11.9. The smallest absolute Gasteiger partial charge is 0.255 e. The number of carbonyl (C=O) groups is 1. The largest absolute Gasteiger partial charge is 0.389 e. The first-order valence-corrected chi connectivity index (χ1v) is 6.09. The number of aliphatic hydroxyl groups excluding tert-OH is 1. The van der Waals surface area contributed by atoms with Crippen LogP contribution in [0.15, 0.2) is 27.1 Å². The second-order valence-electron chi connectivity index (χ2n) is 3.49. The highest BCUT2D eigenvalue weighted by atomic mass is 79.9. The van der Waals surface area contributed by atoms with Crippen LogP contribution in [-0.2, 0) is 0 Å². The van der Waals surface area contributed by atoms with Crippen molar-refractivity contribution < 1.29 is 9.90 Å². The minimum atomic E-state index is -0.358. The van der Waals surface area contributed by atoms with Crippen LogP contribution in [0.5, 0.6) is 0 Å². The van der Waals surface area contributed by atoms with Gasteiger partial charge in [0.2, 0.25) is 0 Å². The normalized spacial score (nSPS) is 16.3. The summed E-state index contributed by atoms with van der Waals surface area (Å²) in [6.45, 7) is 0.864. The quantitative estimate of drug-likeness (QED) is 0.853. The fourth-order valence-electron chi connectivity index (χ4n) is 1.45. The molecule has 1 heterocycles. The average Bonchev–Trinajstić information content (AvgIpc) is 2.12. The molecule has 1 amide bonds. The summed E-state index contributed by atoms with van der Waals surface area (Å²) in [5.41, 5.74) is 0.630. The Balaban J connectivity index is 2.19. The van der Waals surface area contributed by atoms with Crippen molar-refractivity contribution in [2.75, 3.05) is 13.1 Å². The van der Waals surface area contributed by atoms with E-state index in [1.54, 1.807) is 11.0 Å². The Morgan fingerprint density at radius 1 is 1.40 bits per heavy atom. The molecule has 1 aliphatic heterocycles. The number of aliphatic hydroxyl groups is 1. The molecule has 80 valence electrons. The fourth-order valence-corrected chi connectivity index (χ4v) is 2.67. The summed E-state index contributed by atoms with van der Waals surface area (Å²) in [4.78, 5) is 13.5. The SMILES string of the molecule is O=C(c1ccc(Br)cc1Br)N1CC(O)C1. The fraction of sp³-hybridized carbons (Fsp3) is 0.300. The van der Waals surface area contributed by atoms with Crippen molar-refractivity contribution in [1.82, 2.24) is 4.90 Å². The Kier molecular flexibility index (Phi) is 3.13. The lowest BCUT2D eigenvalue weighted by atomic mass is 10.1. The minimum Gasteiger partial charge on any atom is -0.389 e. The summed E-state index contributed by atoms with van der Waals surface area (Å²) in [6, 6.07) is 5.43. The second kappa shape index (κ2) is 4.23. The molecule has 0 aromatic heterocycles. The number of hydrogen-bond donors (Lipinski definition) is 1. The van der Waals surface area contributed by atoms with Crippen molar-refractivity contribution in [2.24, 2.45) is 0 Å². The first-order valence-electron chi connectivity index (χ1n) is 4.50. The van der Waals surface area contributed by atoms with Crippen LogP contribution in [0.4, 0.5) is 0 Å². The Morgan fingerprint density at radius 3 is 2.60 bits per heavy atom. The number of hydrogen-bond acceptors (Lipinski definition) is 2. The molecule has 1 saturated heterocycles. The average molecular weight is 335 g/mol. The molecule has 15 heavy (non-hydrogen) atoms. The zero-order chi connectivity index (χ0) is 11.0. The summed E-state index contributed by atoms with van der Waals surface area (Å²) in [5, 5.41) is 9.11. The Bertz CT molecular complexity index is 402. The van der Waals surface area contributed by atoms with Crippen LogP contribution >= 0.6 is 31.9 Å². The van der Waals surface area contributed by atoms with Gasteiger partial charge in [0, 0.05) is 22.0 Å². The predicted molar refractivity (Wildman–Crippen MR) is 63.8 cm³/mol. The van der Waals surface area contributed by atoms with Crippen molar-refractivity contribution in [3.8, 4) is 0 Å². The van der Waals surface area contributed by atoms with E-state index in [0.717, 1.165) is 8.95 Å². The molecule has 1 fully saturated rings. The van der Waals surface area contributed by atoms with Gasteiger partial charge < -0.3 is 10.0 Å². The molecule has 0 bridgehead atoms. The van der Waals surface area contributed by atoms with Gasteiger partial charge in [0.1, 0.15) is 0 Å². The third-order valence-corrected chi connectivity index (χ3v) is 3.46. The molecule has 0 spiro atoms. The highest BCUT2D eigenvalue weighted by molar-refractivity contribution is 9.11. The second-order valence-corrected chi connectivity index (χ2v) is 5.26. The molecule has 0 radical (unpaired) electrons. The van der Waals surface area contributed by atoms with Crippen LogP contribution in [0, 0.1) is 0 Å². The van der Waals surface area contributed by atoms with Gasteiger partial charge in [-0.3, -0.25) is 4.79 Å². The third kappa shape index (κ3) is 2.24. The summed E-state index contributed by atoms with van der Waals surface area (Å²) in [5.74, 6) is -0.0420. The van der Waals surface area contributed by atoms with Crippen molar-refractivity contribution in [1.29, 1.82) is 0 Å². The van der Waals surface area contributed by atoms with Crippen molar-refractivity contribution in [2.45, 2.75) is 6.10 Å². The number of benzene rings is 1. The highest BCUT2D eigenvalue weighted by Crippen LogP contribution is 2.24. The number of halogens is 2. The number of carbonyl (C=O) groups excluding carboxylic acids is 1. The van der Waals surface area contributed by atoms with E-state index in [9.17, 15) is 4.79 Å². The van der Waals surface area contributed by atoms with Crippen LogP contribution in [-0.4, -0.2) is 35.1 Å². The third-order valence-electron chi connectivity index (χ3n) is 2.31. The van der Waals surface area contributed by atoms with E-state index in [-0.39, 0.29) is 12.0 Å². The topological polar surface area (TPSA) is 40.5 Å². The lowest BCUT2D eigenvalue weighted by Gasteiger charge is -2.36. The van der Waals surface area contributed by atoms with E-state index >= 15 is 0 Å². The van der Waals surface area contributed by atoms with Crippen LogP contribution in [0.25, 0.3) is 0 Å². The van der Waals surface area contributed by atoms with Gasteiger partial charge in [0.05, 0.1) is 11.7 Å². The van der Waals surface area contributed by atoms with Crippen LogP contribution in [0.1, 0.15) is 10.4 Å². The highest BCUT2D eigenvalue weighted by Gasteiger charge is 2.30. The number of nitrogens with zero attached hydrogens (tertiary/aromatic N) is 1. The molecule has 1 aromatic carbocycles. The van der Waals surface area contributed by atoms with E-state index in [0.29, 0.717) is 18.7 Å². The van der Waals surface area contributed by atoms with Gasteiger partial charge in [0.25, 0.3) is 5.91 Å². The Morgan fingerprint density at radius 2 is 2.07 bits per heavy atom. The lowest BCUT2D eigenvalue weighted by molar-refractivity contribution is 0.00583. The lowest BCUT2D eigenvalue weighted by Crippen LogP contribution is -2.53. The van der Waals surface area contributed by atoms with Crippen LogP contribution in [0.3, 0.4) is 0 Å². The van der Waals surface area contributed by atoms with E-state index in [2.05, 4.69) is 31.9 Å². The molecule has 1 aromatic rings. The molecular formula is C10H9Br2NO2. The van der Waals surface area contributed by atoms with Crippen molar-refractivity contribution in [3.63, 3.8) is 0 Å². The van der Waals surface area contributed by atoms with Crippen molar-refractivity contribution >= 4 is 37.8 Å². The summed E-state index contributed by atoms with van der Waals surface area (Å²) >= 11 is 6.67. The molecule has 3 nitrogen and oxygen atoms in total. The summed E-state index contributed by atoms with van der Waals surface area (Å²) in [6.07, 6.45) is -0.358. The molecule has 1 aliphatic rings.